The number of aromatic nitrogens is 3. The molecule has 1 N–H and O–H groups in total. The van der Waals surface area contributed by atoms with E-state index in [1.807, 2.05) is 48.5 Å². The van der Waals surface area contributed by atoms with Gasteiger partial charge in [-0.3, -0.25) is 4.98 Å². The van der Waals surface area contributed by atoms with Crippen LogP contribution in [0.3, 0.4) is 0 Å². The van der Waals surface area contributed by atoms with E-state index in [0.29, 0.717) is 17.4 Å². The van der Waals surface area contributed by atoms with E-state index in [9.17, 15) is 0 Å². The number of anilines is 1. The van der Waals surface area contributed by atoms with E-state index in [1.54, 1.807) is 12.4 Å². The quantitative estimate of drug-likeness (QED) is 0.567. The van der Waals surface area contributed by atoms with Crippen molar-refractivity contribution in [2.45, 2.75) is 6.54 Å². The molecule has 0 saturated heterocycles. The number of hydrogen-bond acceptors (Lipinski definition) is 4. The van der Waals surface area contributed by atoms with Crippen LogP contribution in [-0.4, -0.2) is 15.0 Å². The highest BCUT2D eigenvalue weighted by molar-refractivity contribution is 6.31. The monoisotopic (exact) mass is 346 g/mol. The molecule has 4 rings (SSSR count). The molecule has 0 unspecified atom stereocenters. The Hall–Kier alpha value is -2.98. The molecule has 2 aromatic heterocycles. The lowest BCUT2D eigenvalue weighted by Gasteiger charge is -2.11. The largest absolute Gasteiger partial charge is 0.365 e. The fourth-order valence-corrected chi connectivity index (χ4v) is 2.82. The zero-order chi connectivity index (χ0) is 17.1. The van der Waals surface area contributed by atoms with Gasteiger partial charge in [0.05, 0.1) is 5.52 Å². The molecule has 0 spiro atoms. The lowest BCUT2D eigenvalue weighted by Crippen LogP contribution is -2.04. The summed E-state index contributed by atoms with van der Waals surface area (Å²) >= 11 is 6.17. The SMILES string of the molecule is Clc1ccc2nc(-c3ccncc3)nc(NCc3ccccc3)c2c1. The molecule has 122 valence electrons. The molecule has 0 radical (unpaired) electrons. The van der Waals surface area contributed by atoms with Gasteiger partial charge in [0.1, 0.15) is 5.82 Å². The second-order valence-electron chi connectivity index (χ2n) is 5.63. The fourth-order valence-electron chi connectivity index (χ4n) is 2.65. The number of benzene rings is 2. The summed E-state index contributed by atoms with van der Waals surface area (Å²) in [4.78, 5) is 13.4. The molecule has 0 saturated carbocycles. The van der Waals surface area contributed by atoms with Gasteiger partial charge in [-0.05, 0) is 35.9 Å². The van der Waals surface area contributed by atoms with Crippen molar-refractivity contribution in [3.8, 4) is 11.4 Å². The van der Waals surface area contributed by atoms with Crippen LogP contribution in [0.1, 0.15) is 5.56 Å². The molecule has 25 heavy (non-hydrogen) atoms. The smallest absolute Gasteiger partial charge is 0.162 e. The Morgan fingerprint density at radius 1 is 0.880 bits per heavy atom. The van der Waals surface area contributed by atoms with Crippen molar-refractivity contribution >= 4 is 28.3 Å². The molecule has 4 nitrogen and oxygen atoms in total. The number of hydrogen-bond donors (Lipinski definition) is 1. The second-order valence-corrected chi connectivity index (χ2v) is 6.07. The minimum Gasteiger partial charge on any atom is -0.365 e. The molecule has 0 bridgehead atoms. The van der Waals surface area contributed by atoms with Crippen LogP contribution in [0.5, 0.6) is 0 Å². The first-order valence-corrected chi connectivity index (χ1v) is 8.33. The van der Waals surface area contributed by atoms with E-state index >= 15 is 0 Å². The van der Waals surface area contributed by atoms with Crippen LogP contribution >= 0.6 is 11.6 Å². The standard InChI is InChI=1S/C20H15ClN4/c21-16-6-7-18-17(12-16)20(23-13-14-4-2-1-3-5-14)25-19(24-18)15-8-10-22-11-9-15/h1-12H,13H2,(H,23,24,25). The molecule has 2 aromatic carbocycles. The third-order valence-corrected chi connectivity index (χ3v) is 4.13. The molecule has 2 heterocycles. The van der Waals surface area contributed by atoms with Crippen LogP contribution in [-0.2, 0) is 6.54 Å². The van der Waals surface area contributed by atoms with Crippen molar-refractivity contribution in [1.82, 2.24) is 15.0 Å². The van der Waals surface area contributed by atoms with E-state index in [0.717, 1.165) is 22.3 Å². The van der Waals surface area contributed by atoms with Crippen molar-refractivity contribution in [1.29, 1.82) is 0 Å². The maximum atomic E-state index is 6.17. The Morgan fingerprint density at radius 2 is 1.68 bits per heavy atom. The summed E-state index contributed by atoms with van der Waals surface area (Å²) in [6.07, 6.45) is 3.48. The van der Waals surface area contributed by atoms with Gasteiger partial charge in [-0.1, -0.05) is 41.9 Å². The first-order valence-electron chi connectivity index (χ1n) is 7.95. The number of halogens is 1. The summed E-state index contributed by atoms with van der Waals surface area (Å²) in [7, 11) is 0. The van der Waals surface area contributed by atoms with Gasteiger partial charge in [-0.2, -0.15) is 0 Å². The summed E-state index contributed by atoms with van der Waals surface area (Å²) in [5.74, 6) is 1.43. The molecule has 0 aliphatic heterocycles. The van der Waals surface area contributed by atoms with Gasteiger partial charge in [-0.15, -0.1) is 0 Å². The maximum absolute atomic E-state index is 6.17. The van der Waals surface area contributed by atoms with Crippen LogP contribution in [0.15, 0.2) is 73.1 Å². The summed E-state index contributed by atoms with van der Waals surface area (Å²) in [6, 6.07) is 19.6. The Kier molecular flexibility index (Phi) is 4.27. The zero-order valence-corrected chi connectivity index (χ0v) is 14.1. The van der Waals surface area contributed by atoms with Gasteiger partial charge in [0, 0.05) is 34.9 Å². The molecule has 0 fully saturated rings. The molecule has 0 aliphatic rings. The summed E-state index contributed by atoms with van der Waals surface area (Å²) < 4.78 is 0. The molecule has 5 heteroatoms. The lowest BCUT2D eigenvalue weighted by molar-refractivity contribution is 1.10. The second kappa shape index (κ2) is 6.87. The lowest BCUT2D eigenvalue weighted by atomic mass is 10.2. The molecular formula is C20H15ClN4. The van der Waals surface area contributed by atoms with Gasteiger partial charge >= 0.3 is 0 Å². The first-order chi connectivity index (χ1) is 12.3. The van der Waals surface area contributed by atoms with Crippen molar-refractivity contribution < 1.29 is 0 Å². The van der Waals surface area contributed by atoms with E-state index in [-0.39, 0.29) is 0 Å². The van der Waals surface area contributed by atoms with Gasteiger partial charge in [-0.25, -0.2) is 9.97 Å². The molecule has 4 aromatic rings. The van der Waals surface area contributed by atoms with Crippen molar-refractivity contribution in [3.05, 3.63) is 83.6 Å². The Morgan fingerprint density at radius 3 is 2.48 bits per heavy atom. The Labute approximate surface area is 150 Å². The van der Waals surface area contributed by atoms with Gasteiger partial charge in [0.15, 0.2) is 5.82 Å². The highest BCUT2D eigenvalue weighted by atomic mass is 35.5. The predicted molar refractivity (Wildman–Crippen MR) is 102 cm³/mol. The topological polar surface area (TPSA) is 50.7 Å². The minimum atomic E-state index is 0.660. The highest BCUT2D eigenvalue weighted by Crippen LogP contribution is 2.27. The van der Waals surface area contributed by atoms with Crippen LogP contribution in [0.25, 0.3) is 22.3 Å². The van der Waals surface area contributed by atoms with E-state index < -0.39 is 0 Å². The van der Waals surface area contributed by atoms with Crippen molar-refractivity contribution in [2.24, 2.45) is 0 Å². The highest BCUT2D eigenvalue weighted by Gasteiger charge is 2.10. The number of nitrogens with zero attached hydrogens (tertiary/aromatic N) is 3. The third-order valence-electron chi connectivity index (χ3n) is 3.90. The van der Waals surface area contributed by atoms with Crippen LogP contribution in [0, 0.1) is 0 Å². The Bertz CT molecular complexity index is 1000. The molecular weight excluding hydrogens is 332 g/mol. The maximum Gasteiger partial charge on any atom is 0.162 e. The number of fused-ring (bicyclic) bond motifs is 1. The summed E-state index contributed by atoms with van der Waals surface area (Å²) in [5.41, 5.74) is 2.96. The summed E-state index contributed by atoms with van der Waals surface area (Å²) in [5, 5.41) is 4.98. The summed E-state index contributed by atoms with van der Waals surface area (Å²) in [6.45, 7) is 0.676. The first kappa shape index (κ1) is 15.5. The van der Waals surface area contributed by atoms with Gasteiger partial charge < -0.3 is 5.32 Å². The number of rotatable bonds is 4. The normalized spacial score (nSPS) is 10.8. The van der Waals surface area contributed by atoms with Gasteiger partial charge in [0.2, 0.25) is 0 Å². The fraction of sp³-hybridized carbons (Fsp3) is 0.0500. The number of nitrogens with one attached hydrogen (secondary N) is 1. The van der Waals surface area contributed by atoms with Crippen molar-refractivity contribution in [3.63, 3.8) is 0 Å². The van der Waals surface area contributed by atoms with E-state index in [4.69, 9.17) is 16.6 Å². The average molecular weight is 347 g/mol. The Balaban J connectivity index is 1.78. The molecule has 0 atom stereocenters. The van der Waals surface area contributed by atoms with Crippen LogP contribution in [0.2, 0.25) is 5.02 Å². The average Bonchev–Trinajstić information content (AvgIpc) is 2.67. The zero-order valence-electron chi connectivity index (χ0n) is 13.4. The van der Waals surface area contributed by atoms with Crippen molar-refractivity contribution in [2.75, 3.05) is 5.32 Å². The predicted octanol–water partition coefficient (Wildman–Crippen LogP) is 4.96. The molecule has 0 aliphatic carbocycles. The van der Waals surface area contributed by atoms with E-state index in [1.165, 1.54) is 5.56 Å². The minimum absolute atomic E-state index is 0.660. The number of pyridine rings is 1. The van der Waals surface area contributed by atoms with Crippen LogP contribution in [0.4, 0.5) is 5.82 Å². The third kappa shape index (κ3) is 3.44. The molecule has 0 amide bonds. The van der Waals surface area contributed by atoms with Gasteiger partial charge in [0.25, 0.3) is 0 Å². The van der Waals surface area contributed by atoms with E-state index in [2.05, 4.69) is 27.4 Å². The van der Waals surface area contributed by atoms with Crippen LogP contribution < -0.4 is 5.32 Å².